The number of nitro groups is 1. The van der Waals surface area contributed by atoms with Crippen molar-refractivity contribution in [3.63, 3.8) is 0 Å². The highest BCUT2D eigenvalue weighted by Crippen LogP contribution is 2.28. The van der Waals surface area contributed by atoms with Crippen molar-refractivity contribution in [1.29, 1.82) is 0 Å². The molecule has 1 aromatic carbocycles. The number of non-ortho nitro benzene ring substituents is 1. The van der Waals surface area contributed by atoms with Crippen LogP contribution in [-0.4, -0.2) is 38.4 Å². The number of nitrogens with one attached hydrogen (secondary N) is 2. The topological polar surface area (TPSA) is 123 Å². The Morgan fingerprint density at radius 1 is 1.48 bits per heavy atom. The predicted molar refractivity (Wildman–Crippen MR) is 85.5 cm³/mol. The molecule has 0 amide bonds. The molecule has 0 fully saturated rings. The van der Waals surface area contributed by atoms with E-state index in [4.69, 9.17) is 4.52 Å². The predicted octanol–water partition coefficient (Wildman–Crippen LogP) is 2.09. The molecule has 122 valence electrons. The number of nitro benzene ring substituents is 1. The van der Waals surface area contributed by atoms with E-state index < -0.39 is 4.92 Å². The van der Waals surface area contributed by atoms with Crippen LogP contribution in [0.3, 0.4) is 0 Å². The molecule has 0 saturated heterocycles. The Balaban J connectivity index is 0.00000192. The van der Waals surface area contributed by atoms with Crippen LogP contribution in [0.2, 0.25) is 0 Å². The Labute approximate surface area is 137 Å². The van der Waals surface area contributed by atoms with Crippen LogP contribution in [0.5, 0.6) is 0 Å². The van der Waals surface area contributed by atoms with Gasteiger partial charge in [-0.15, -0.1) is 12.4 Å². The lowest BCUT2D eigenvalue weighted by atomic mass is 10.2. The lowest BCUT2D eigenvalue weighted by Crippen LogP contribution is -2.24. The maximum absolute atomic E-state index is 10.9. The molecule has 2 heterocycles. The smallest absolute Gasteiger partial charge is 0.279 e. The number of H-pyrrole nitrogens is 1. The molecule has 3 aromatic rings. The largest absolute Gasteiger partial charge is 0.332 e. The van der Waals surface area contributed by atoms with Gasteiger partial charge in [0.2, 0.25) is 0 Å². The van der Waals surface area contributed by atoms with Gasteiger partial charge in [0.05, 0.1) is 10.4 Å². The Kier molecular flexibility index (Phi) is 4.92. The van der Waals surface area contributed by atoms with E-state index in [1.54, 1.807) is 6.07 Å². The van der Waals surface area contributed by atoms with Crippen LogP contribution < -0.4 is 5.32 Å². The van der Waals surface area contributed by atoms with E-state index in [0.29, 0.717) is 28.8 Å². The third-order valence-corrected chi connectivity index (χ3v) is 3.41. The molecular weight excluding hydrogens is 324 g/mol. The number of hydrogen-bond acceptors (Lipinski definition) is 7. The van der Waals surface area contributed by atoms with Crippen molar-refractivity contribution in [3.8, 4) is 11.6 Å². The third-order valence-electron chi connectivity index (χ3n) is 3.41. The van der Waals surface area contributed by atoms with E-state index in [1.807, 2.05) is 14.0 Å². The molecule has 0 bridgehead atoms. The number of rotatable bonds is 5. The van der Waals surface area contributed by atoms with Crippen molar-refractivity contribution in [2.45, 2.75) is 19.4 Å². The first kappa shape index (κ1) is 16.8. The first-order valence-corrected chi connectivity index (χ1v) is 6.71. The lowest BCUT2D eigenvalue weighted by Gasteiger charge is -2.04. The van der Waals surface area contributed by atoms with Gasteiger partial charge >= 0.3 is 0 Å². The molecule has 2 N–H and O–H groups in total. The minimum Gasteiger partial charge on any atom is -0.332 e. The van der Waals surface area contributed by atoms with E-state index >= 15 is 0 Å². The number of aromatic amines is 1. The van der Waals surface area contributed by atoms with Gasteiger partial charge in [0, 0.05) is 30.0 Å². The van der Waals surface area contributed by atoms with Crippen LogP contribution in [0.1, 0.15) is 12.7 Å². The van der Waals surface area contributed by atoms with Crippen LogP contribution in [-0.2, 0) is 6.42 Å². The molecule has 10 heteroatoms. The second kappa shape index (κ2) is 6.71. The van der Waals surface area contributed by atoms with Crippen molar-refractivity contribution >= 4 is 29.0 Å². The molecule has 3 rings (SSSR count). The average molecular weight is 339 g/mol. The van der Waals surface area contributed by atoms with Gasteiger partial charge in [0.15, 0.2) is 11.5 Å². The molecule has 0 aliphatic rings. The summed E-state index contributed by atoms with van der Waals surface area (Å²) in [6, 6.07) is 4.67. The quantitative estimate of drug-likeness (QED) is 0.539. The average Bonchev–Trinajstić information content (AvgIpc) is 3.12. The Morgan fingerprint density at radius 2 is 2.26 bits per heavy atom. The Hall–Kier alpha value is -2.52. The first-order chi connectivity index (χ1) is 10.6. The van der Waals surface area contributed by atoms with Crippen molar-refractivity contribution in [2.75, 3.05) is 7.05 Å². The maximum Gasteiger partial charge on any atom is 0.279 e. The molecule has 1 atom stereocenters. The van der Waals surface area contributed by atoms with Gasteiger partial charge < -0.3 is 9.84 Å². The fourth-order valence-corrected chi connectivity index (χ4v) is 2.09. The molecule has 0 saturated carbocycles. The van der Waals surface area contributed by atoms with E-state index in [2.05, 4.69) is 25.7 Å². The van der Waals surface area contributed by atoms with E-state index in [0.717, 1.165) is 0 Å². The summed E-state index contributed by atoms with van der Waals surface area (Å²) in [7, 11) is 1.85. The summed E-state index contributed by atoms with van der Waals surface area (Å²) >= 11 is 0. The highest BCUT2D eigenvalue weighted by molar-refractivity contribution is 5.92. The summed E-state index contributed by atoms with van der Waals surface area (Å²) in [4.78, 5) is 14.7. The molecule has 2 aromatic heterocycles. The van der Waals surface area contributed by atoms with Gasteiger partial charge in [0.1, 0.15) is 0 Å². The summed E-state index contributed by atoms with van der Waals surface area (Å²) in [5, 5.41) is 25.4. The fraction of sp³-hybridized carbons (Fsp3) is 0.308. The minimum atomic E-state index is -0.454. The number of likely N-dealkylation sites (N-methyl/N-ethyl adjacent to an activating group) is 1. The van der Waals surface area contributed by atoms with E-state index in [1.165, 1.54) is 12.1 Å². The molecule has 0 spiro atoms. The van der Waals surface area contributed by atoms with Gasteiger partial charge in [-0.1, -0.05) is 5.16 Å². The Bertz CT molecular complexity index is 830. The number of benzene rings is 1. The summed E-state index contributed by atoms with van der Waals surface area (Å²) in [6.45, 7) is 2.00. The number of halogens is 1. The SMILES string of the molecule is CNC(C)Cc1noc(-c2n[nH]c3ccc([N+](=O)[O-])cc23)n1.Cl. The van der Waals surface area contributed by atoms with Crippen LogP contribution in [0, 0.1) is 10.1 Å². The maximum atomic E-state index is 10.9. The number of hydrogen-bond donors (Lipinski definition) is 2. The van der Waals surface area contributed by atoms with Crippen LogP contribution >= 0.6 is 12.4 Å². The number of fused-ring (bicyclic) bond motifs is 1. The molecule has 0 aliphatic heterocycles. The summed E-state index contributed by atoms with van der Waals surface area (Å²) in [6.07, 6.45) is 0.614. The fourth-order valence-electron chi connectivity index (χ4n) is 2.09. The molecule has 23 heavy (non-hydrogen) atoms. The zero-order chi connectivity index (χ0) is 15.7. The van der Waals surface area contributed by atoms with E-state index in [-0.39, 0.29) is 30.0 Å². The highest BCUT2D eigenvalue weighted by Gasteiger charge is 2.18. The van der Waals surface area contributed by atoms with Crippen molar-refractivity contribution in [3.05, 3.63) is 34.1 Å². The van der Waals surface area contributed by atoms with Gasteiger partial charge in [-0.05, 0) is 20.0 Å². The standard InChI is InChI=1S/C13H14N6O3.ClH/c1-7(14-2)5-11-15-13(22-18-11)12-9-6-8(19(20)21)3-4-10(9)16-17-12;/h3-4,6-7,14H,5H2,1-2H3,(H,16,17);1H. The highest BCUT2D eigenvalue weighted by atomic mass is 35.5. The van der Waals surface area contributed by atoms with Gasteiger partial charge in [0.25, 0.3) is 11.6 Å². The van der Waals surface area contributed by atoms with Crippen LogP contribution in [0.4, 0.5) is 5.69 Å². The third kappa shape index (κ3) is 3.30. The summed E-state index contributed by atoms with van der Waals surface area (Å²) < 4.78 is 5.22. The first-order valence-electron chi connectivity index (χ1n) is 6.71. The molecule has 0 aliphatic carbocycles. The van der Waals surface area contributed by atoms with Crippen molar-refractivity contribution < 1.29 is 9.45 Å². The molecule has 1 unspecified atom stereocenters. The second-order valence-corrected chi connectivity index (χ2v) is 4.97. The van der Waals surface area contributed by atoms with Crippen molar-refractivity contribution in [1.82, 2.24) is 25.7 Å². The molecule has 9 nitrogen and oxygen atoms in total. The van der Waals surface area contributed by atoms with Gasteiger partial charge in [-0.2, -0.15) is 10.1 Å². The van der Waals surface area contributed by atoms with Gasteiger partial charge in [-0.25, -0.2) is 0 Å². The number of nitrogens with zero attached hydrogens (tertiary/aromatic N) is 4. The van der Waals surface area contributed by atoms with Crippen molar-refractivity contribution in [2.24, 2.45) is 0 Å². The summed E-state index contributed by atoms with van der Waals surface area (Å²) in [5.74, 6) is 0.795. The number of aromatic nitrogens is 4. The lowest BCUT2D eigenvalue weighted by molar-refractivity contribution is -0.384. The minimum absolute atomic E-state index is 0. The molecule has 0 radical (unpaired) electrons. The zero-order valence-corrected chi connectivity index (χ0v) is 13.3. The normalized spacial score (nSPS) is 12.1. The molecular formula is C13H15ClN6O3. The summed E-state index contributed by atoms with van der Waals surface area (Å²) in [5.41, 5.74) is 1.07. The monoisotopic (exact) mass is 338 g/mol. The van der Waals surface area contributed by atoms with Crippen LogP contribution in [0.15, 0.2) is 22.7 Å². The van der Waals surface area contributed by atoms with E-state index in [9.17, 15) is 10.1 Å². The van der Waals surface area contributed by atoms with Crippen LogP contribution in [0.25, 0.3) is 22.5 Å². The van der Waals surface area contributed by atoms with Gasteiger partial charge in [-0.3, -0.25) is 15.2 Å². The second-order valence-electron chi connectivity index (χ2n) is 4.97. The zero-order valence-electron chi connectivity index (χ0n) is 12.4. The Morgan fingerprint density at radius 3 is 2.96 bits per heavy atom.